The topological polar surface area (TPSA) is 231 Å². The third kappa shape index (κ3) is 13.7. The van der Waals surface area contributed by atoms with Crippen molar-refractivity contribution in [2.75, 3.05) is 34.2 Å². The minimum atomic E-state index is -1.83. The van der Waals surface area contributed by atoms with Gasteiger partial charge in [0, 0.05) is 47.9 Å². The maximum atomic E-state index is 14.3. The van der Waals surface area contributed by atoms with Crippen molar-refractivity contribution in [1.29, 1.82) is 5.26 Å². The Balaban J connectivity index is 1.18. The molecule has 418 valence electrons. The minimum absolute atomic E-state index is 0.0344. The number of piperidine rings is 1. The molecule has 2 N–H and O–H groups in total. The minimum Gasteiger partial charge on any atom is -0.497 e. The van der Waals surface area contributed by atoms with Gasteiger partial charge in [-0.1, -0.05) is 66.7 Å². The largest absolute Gasteiger partial charge is 0.497 e. The average molecular weight is 1090 g/mol. The van der Waals surface area contributed by atoms with Gasteiger partial charge in [-0.25, -0.2) is 9.46 Å². The summed E-state index contributed by atoms with van der Waals surface area (Å²) in [6.45, 7) is 15.8. The van der Waals surface area contributed by atoms with E-state index in [2.05, 4.69) is 21.0 Å². The van der Waals surface area contributed by atoms with E-state index in [1.54, 1.807) is 32.4 Å². The second-order valence-electron chi connectivity index (χ2n) is 21.1. The van der Waals surface area contributed by atoms with Gasteiger partial charge in [0.1, 0.15) is 35.0 Å². The molecule has 3 heterocycles. The molecule has 4 unspecified atom stereocenters. The number of H-pyrrole nitrogens is 1. The molecule has 2 aliphatic rings. The van der Waals surface area contributed by atoms with Gasteiger partial charge < -0.3 is 38.0 Å². The Kier molecular flexibility index (Phi) is 19.8. The molecule has 78 heavy (non-hydrogen) atoms. The van der Waals surface area contributed by atoms with Crippen LogP contribution in [-0.4, -0.2) is 106 Å². The maximum Gasteiger partial charge on any atom is 0.330 e. The predicted molar refractivity (Wildman–Crippen MR) is 293 cm³/mol. The zero-order chi connectivity index (χ0) is 56.4. The summed E-state index contributed by atoms with van der Waals surface area (Å²) in [6, 6.07) is 33.0. The van der Waals surface area contributed by atoms with E-state index in [4.69, 9.17) is 37.6 Å². The third-order valence-electron chi connectivity index (χ3n) is 13.9. The van der Waals surface area contributed by atoms with Gasteiger partial charge in [-0.3, -0.25) is 34.1 Å². The first-order valence-electron chi connectivity index (χ1n) is 26.0. The highest BCUT2D eigenvalue weighted by Crippen LogP contribution is 2.51. The number of nitrogens with zero attached hydrogens (tertiary/aromatic N) is 5. The second-order valence-corrected chi connectivity index (χ2v) is 22.5. The molecule has 0 spiro atoms. The van der Waals surface area contributed by atoms with Gasteiger partial charge >= 0.3 is 5.69 Å². The number of rotatable bonds is 25. The first-order valence-corrected chi connectivity index (χ1v) is 27.1. The fourth-order valence-corrected chi connectivity index (χ4v) is 12.5. The highest BCUT2D eigenvalue weighted by Gasteiger charge is 2.48. The van der Waals surface area contributed by atoms with Crippen molar-refractivity contribution < 1.29 is 47.3 Å². The quantitative estimate of drug-likeness (QED) is 0.0138. The molecular formula is C57H72N7O13P. The summed E-state index contributed by atoms with van der Waals surface area (Å²) >= 11 is 0. The van der Waals surface area contributed by atoms with Gasteiger partial charge in [-0.15, -0.1) is 0 Å². The summed E-state index contributed by atoms with van der Waals surface area (Å²) in [5, 5.41) is 25.9. The number of carbonyl (C=O) groups is 1. The standard InChI is InChI=1S/C57H72N7O13P/c1-38(2)62(39(3)4)78(75-30-16-29-58)77-49-31-51(76-50(49)36-73-57(41-18-12-11-13-19-41,42-21-25-45(70-9)26-22-42)43-23-27-46(71-10)28-24-43)61-34-47(53(66)60-54(61)67)52(65)59-44-32-55(5,6)64(56(7,8)33-44)74-37-72-35-40-17-14-15-20-48(40)63(68)69/h11-15,17-28,34,38-39,44,49-51H,16,30-33,35-37H2,1-10H3,(H,59,65)(H,60,66,67). The Labute approximate surface area is 456 Å². The van der Waals surface area contributed by atoms with Crippen LogP contribution in [0.3, 0.4) is 0 Å². The van der Waals surface area contributed by atoms with E-state index >= 15 is 0 Å². The Hall–Kier alpha value is -6.37. The number of benzene rings is 4. The number of amides is 1. The number of hydrogen-bond acceptors (Lipinski definition) is 16. The first-order chi connectivity index (χ1) is 37.2. The van der Waals surface area contributed by atoms with E-state index in [1.165, 1.54) is 16.8 Å². The number of ether oxygens (including phenoxy) is 5. The number of carbonyl (C=O) groups excluding carboxylic acids is 1. The summed E-state index contributed by atoms with van der Waals surface area (Å²) in [7, 11) is 1.37. The second kappa shape index (κ2) is 26.1. The molecule has 1 aromatic heterocycles. The van der Waals surface area contributed by atoms with Crippen LogP contribution in [0.15, 0.2) is 119 Å². The average Bonchev–Trinajstić information content (AvgIpc) is 3.96. The Morgan fingerprint density at radius 1 is 0.897 bits per heavy atom. The van der Waals surface area contributed by atoms with Gasteiger partial charge in [-0.2, -0.15) is 10.3 Å². The normalized spacial score (nSPS) is 18.9. The zero-order valence-electron chi connectivity index (χ0n) is 46.0. The smallest absolute Gasteiger partial charge is 0.330 e. The Morgan fingerprint density at radius 2 is 1.47 bits per heavy atom. The molecule has 0 radical (unpaired) electrons. The van der Waals surface area contributed by atoms with Crippen LogP contribution >= 0.6 is 8.53 Å². The van der Waals surface area contributed by atoms with Crippen molar-refractivity contribution in [3.8, 4) is 17.6 Å². The molecule has 0 bridgehead atoms. The van der Waals surface area contributed by atoms with Gasteiger partial charge in [0.15, 0.2) is 6.79 Å². The number of nitro benzene ring substituents is 1. The summed E-state index contributed by atoms with van der Waals surface area (Å²) in [5.41, 5.74) is -1.85. The van der Waals surface area contributed by atoms with E-state index in [0.29, 0.717) is 29.9 Å². The van der Waals surface area contributed by atoms with Crippen LogP contribution in [0.1, 0.15) is 120 Å². The Bertz CT molecular complexity index is 2890. The van der Waals surface area contributed by atoms with Crippen LogP contribution in [0.5, 0.6) is 11.5 Å². The number of para-hydroxylation sites is 1. The van der Waals surface area contributed by atoms with Crippen LogP contribution in [0, 0.1) is 21.4 Å². The zero-order valence-corrected chi connectivity index (χ0v) is 46.9. The molecule has 2 saturated heterocycles. The molecule has 2 fully saturated rings. The monoisotopic (exact) mass is 1090 g/mol. The van der Waals surface area contributed by atoms with E-state index in [1.807, 2.05) is 139 Å². The van der Waals surface area contributed by atoms with Crippen molar-refractivity contribution in [1.82, 2.24) is 24.6 Å². The lowest BCUT2D eigenvalue weighted by Gasteiger charge is -2.53. The van der Waals surface area contributed by atoms with E-state index in [-0.39, 0.29) is 62.8 Å². The fraction of sp³-hybridized carbons (Fsp3) is 0.474. The highest BCUT2D eigenvalue weighted by atomic mass is 31.2. The fourth-order valence-electron chi connectivity index (χ4n) is 10.7. The summed E-state index contributed by atoms with van der Waals surface area (Å²) in [6.07, 6.45) is -0.507. The lowest BCUT2D eigenvalue weighted by molar-refractivity contribution is -0.386. The number of nitro groups is 1. The number of nitrogens with one attached hydrogen (secondary N) is 2. The van der Waals surface area contributed by atoms with Gasteiger partial charge in [0.05, 0.1) is 63.1 Å². The number of hydroxylamine groups is 2. The molecule has 0 saturated carbocycles. The maximum absolute atomic E-state index is 14.3. The predicted octanol–water partition coefficient (Wildman–Crippen LogP) is 9.28. The molecule has 0 aliphatic carbocycles. The molecule has 7 rings (SSSR count). The number of methoxy groups -OCH3 is 2. The highest BCUT2D eigenvalue weighted by molar-refractivity contribution is 7.44. The summed E-state index contributed by atoms with van der Waals surface area (Å²) in [5.74, 6) is 0.607. The molecule has 20 nitrogen and oxygen atoms in total. The van der Waals surface area contributed by atoms with Crippen LogP contribution in [0.2, 0.25) is 0 Å². The van der Waals surface area contributed by atoms with Gasteiger partial charge in [0.25, 0.3) is 25.7 Å². The number of aromatic amines is 1. The van der Waals surface area contributed by atoms with Crippen molar-refractivity contribution in [3.05, 3.63) is 168 Å². The van der Waals surface area contributed by atoms with Crippen molar-refractivity contribution in [2.24, 2.45) is 0 Å². The third-order valence-corrected chi connectivity index (χ3v) is 16.0. The summed E-state index contributed by atoms with van der Waals surface area (Å²) in [4.78, 5) is 61.6. The first kappa shape index (κ1) is 59.3. The molecule has 1 amide bonds. The van der Waals surface area contributed by atoms with E-state index in [9.17, 15) is 29.8 Å². The van der Waals surface area contributed by atoms with E-state index in [0.717, 1.165) is 16.7 Å². The molecule has 21 heteroatoms. The Morgan fingerprint density at radius 3 is 2.04 bits per heavy atom. The van der Waals surface area contributed by atoms with Crippen LogP contribution in [0.25, 0.3) is 0 Å². The van der Waals surface area contributed by atoms with Crippen molar-refractivity contribution in [3.63, 3.8) is 0 Å². The SMILES string of the molecule is COc1ccc(C(OCC2OC(n3cc(C(=O)NC4CC(C)(C)N(OCOCc5ccccc5[N+](=O)[O-])C(C)(C)C4)c(=O)[nH]c3=O)CC2OP(OCCC#N)N(C(C)C)C(C)C)(c2ccccc2)c2ccc(OC)cc2)cc1. The van der Waals surface area contributed by atoms with Crippen LogP contribution in [-0.2, 0) is 40.3 Å². The van der Waals surface area contributed by atoms with Crippen LogP contribution in [0.4, 0.5) is 5.69 Å². The molecule has 5 aromatic rings. The van der Waals surface area contributed by atoms with E-state index < -0.39 is 71.8 Å². The lowest BCUT2D eigenvalue weighted by atomic mass is 9.79. The molecule has 2 aliphatic heterocycles. The summed E-state index contributed by atoms with van der Waals surface area (Å²) < 4.78 is 47.8. The molecule has 4 atom stereocenters. The number of hydrogen-bond donors (Lipinski definition) is 2. The number of aromatic nitrogens is 2. The molecular weight excluding hydrogens is 1020 g/mol. The molecule has 4 aromatic carbocycles. The van der Waals surface area contributed by atoms with Crippen LogP contribution < -0.4 is 26.0 Å². The van der Waals surface area contributed by atoms with Crippen molar-refractivity contribution in [2.45, 2.75) is 141 Å². The lowest BCUT2D eigenvalue weighted by Crippen LogP contribution is -2.64. The van der Waals surface area contributed by atoms with Gasteiger partial charge in [0.2, 0.25) is 0 Å². The van der Waals surface area contributed by atoms with Gasteiger partial charge in [-0.05, 0) is 115 Å². The van der Waals surface area contributed by atoms with Crippen molar-refractivity contribution >= 4 is 20.1 Å². The number of nitriles is 1.